The lowest BCUT2D eigenvalue weighted by molar-refractivity contribution is 0.222. The monoisotopic (exact) mass is 389 g/mol. The first-order valence-electron chi connectivity index (χ1n) is 11.2. The molecule has 0 saturated carbocycles. The SMILES string of the molecule is CC[C@H]1CN(c2ccc(C#N)c3ncccc23)C[C@@H]1CN1CCC2(CCNC2)C1. The first-order valence-corrected chi connectivity index (χ1v) is 11.2. The molecule has 5 heteroatoms. The van der Waals surface area contributed by atoms with E-state index in [1.165, 1.54) is 57.7 Å². The highest BCUT2D eigenvalue weighted by atomic mass is 15.2. The molecule has 1 aromatic heterocycles. The molecule has 0 radical (unpaired) electrons. The zero-order chi connectivity index (χ0) is 19.8. The van der Waals surface area contributed by atoms with E-state index in [1.54, 1.807) is 6.20 Å². The highest BCUT2D eigenvalue weighted by molar-refractivity contribution is 5.95. The summed E-state index contributed by atoms with van der Waals surface area (Å²) in [6.45, 7) is 10.7. The molecule has 3 aliphatic heterocycles. The van der Waals surface area contributed by atoms with Gasteiger partial charge in [-0.15, -0.1) is 0 Å². The first-order chi connectivity index (χ1) is 14.2. The summed E-state index contributed by atoms with van der Waals surface area (Å²) in [6, 6.07) is 10.5. The number of nitrogens with zero attached hydrogens (tertiary/aromatic N) is 4. The third-order valence-electron chi connectivity index (χ3n) is 7.65. The number of hydrogen-bond donors (Lipinski definition) is 1. The summed E-state index contributed by atoms with van der Waals surface area (Å²) in [5.41, 5.74) is 3.29. The van der Waals surface area contributed by atoms with Gasteiger partial charge < -0.3 is 15.1 Å². The van der Waals surface area contributed by atoms with Gasteiger partial charge in [0.2, 0.25) is 0 Å². The quantitative estimate of drug-likeness (QED) is 0.870. The molecule has 2 aromatic rings. The summed E-state index contributed by atoms with van der Waals surface area (Å²) < 4.78 is 0. The van der Waals surface area contributed by atoms with E-state index in [2.05, 4.69) is 45.2 Å². The Morgan fingerprint density at radius 1 is 1.24 bits per heavy atom. The Balaban J connectivity index is 1.35. The van der Waals surface area contributed by atoms with Crippen LogP contribution in [0.2, 0.25) is 0 Å². The van der Waals surface area contributed by atoms with Gasteiger partial charge in [-0.2, -0.15) is 5.26 Å². The van der Waals surface area contributed by atoms with Crippen molar-refractivity contribution in [3.05, 3.63) is 36.0 Å². The number of rotatable bonds is 4. The fourth-order valence-electron chi connectivity index (χ4n) is 5.99. The fourth-order valence-corrected chi connectivity index (χ4v) is 5.99. The van der Waals surface area contributed by atoms with Crippen LogP contribution in [0.15, 0.2) is 30.5 Å². The molecule has 0 bridgehead atoms. The maximum atomic E-state index is 9.45. The van der Waals surface area contributed by atoms with E-state index in [0.29, 0.717) is 16.9 Å². The van der Waals surface area contributed by atoms with Crippen LogP contribution in [0.25, 0.3) is 10.9 Å². The van der Waals surface area contributed by atoms with Crippen LogP contribution in [-0.2, 0) is 0 Å². The third kappa shape index (κ3) is 3.39. The van der Waals surface area contributed by atoms with Gasteiger partial charge >= 0.3 is 0 Å². The summed E-state index contributed by atoms with van der Waals surface area (Å²) in [5.74, 6) is 1.45. The van der Waals surface area contributed by atoms with Crippen LogP contribution in [0.5, 0.6) is 0 Å². The lowest BCUT2D eigenvalue weighted by Gasteiger charge is -2.26. The second-order valence-electron chi connectivity index (χ2n) is 9.39. The normalized spacial score (nSPS) is 29.9. The van der Waals surface area contributed by atoms with E-state index in [4.69, 9.17) is 0 Å². The van der Waals surface area contributed by atoms with Gasteiger partial charge in [-0.3, -0.25) is 4.98 Å². The Bertz CT molecular complexity index is 927. The Hall–Kier alpha value is -2.16. The first kappa shape index (κ1) is 18.8. The van der Waals surface area contributed by atoms with Gasteiger partial charge in [-0.1, -0.05) is 13.3 Å². The summed E-state index contributed by atoms with van der Waals surface area (Å²) in [6.07, 6.45) is 5.73. The van der Waals surface area contributed by atoms with Gasteiger partial charge in [0.05, 0.1) is 11.1 Å². The molecular formula is C24H31N5. The molecule has 3 aliphatic rings. The lowest BCUT2D eigenvalue weighted by Crippen LogP contribution is -2.34. The molecule has 3 fully saturated rings. The Labute approximate surface area is 173 Å². The average Bonchev–Trinajstić information content (AvgIpc) is 3.48. The number of nitrogens with one attached hydrogen (secondary N) is 1. The molecule has 5 nitrogen and oxygen atoms in total. The number of benzene rings is 1. The number of pyridine rings is 1. The van der Waals surface area contributed by atoms with Gasteiger partial charge in [0.1, 0.15) is 6.07 Å². The molecule has 1 unspecified atom stereocenters. The molecule has 0 amide bonds. The average molecular weight is 390 g/mol. The Kier molecular flexibility index (Phi) is 4.93. The largest absolute Gasteiger partial charge is 0.370 e. The highest BCUT2D eigenvalue weighted by Crippen LogP contribution is 2.39. The van der Waals surface area contributed by atoms with Crippen molar-refractivity contribution < 1.29 is 0 Å². The predicted molar refractivity (Wildman–Crippen MR) is 117 cm³/mol. The molecule has 29 heavy (non-hydrogen) atoms. The van der Waals surface area contributed by atoms with Crippen LogP contribution < -0.4 is 10.2 Å². The van der Waals surface area contributed by atoms with E-state index in [0.717, 1.165) is 29.9 Å². The van der Waals surface area contributed by atoms with Crippen LogP contribution >= 0.6 is 0 Å². The standard InChI is InChI=1S/C24H31N5/c1-2-18-14-29(22-6-5-19(12-25)23-21(22)4-3-9-27-23)15-20(18)13-28-11-8-24(17-28)7-10-26-16-24/h3-6,9,18,20,26H,2,7-8,10-11,13-17H2,1H3/t18-,20-,24?/m0/s1. The molecular weight excluding hydrogens is 358 g/mol. The summed E-state index contributed by atoms with van der Waals surface area (Å²) >= 11 is 0. The van der Waals surface area contributed by atoms with E-state index in [-0.39, 0.29) is 0 Å². The Morgan fingerprint density at radius 2 is 2.14 bits per heavy atom. The molecule has 1 N–H and O–H groups in total. The number of likely N-dealkylation sites (tertiary alicyclic amines) is 1. The molecule has 0 aliphatic carbocycles. The second-order valence-corrected chi connectivity index (χ2v) is 9.39. The zero-order valence-corrected chi connectivity index (χ0v) is 17.4. The molecule has 5 rings (SSSR count). The van der Waals surface area contributed by atoms with Gasteiger partial charge in [-0.25, -0.2) is 0 Å². The van der Waals surface area contributed by atoms with E-state index < -0.39 is 0 Å². The number of nitriles is 1. The molecule has 152 valence electrons. The number of fused-ring (bicyclic) bond motifs is 1. The van der Waals surface area contributed by atoms with E-state index in [1.807, 2.05) is 12.1 Å². The van der Waals surface area contributed by atoms with Crippen LogP contribution in [0.3, 0.4) is 0 Å². The maximum absolute atomic E-state index is 9.45. The maximum Gasteiger partial charge on any atom is 0.101 e. The van der Waals surface area contributed by atoms with Gasteiger partial charge in [0, 0.05) is 50.0 Å². The molecule has 4 heterocycles. The third-order valence-corrected chi connectivity index (χ3v) is 7.65. The van der Waals surface area contributed by atoms with Gasteiger partial charge in [0.25, 0.3) is 0 Å². The number of anilines is 1. The van der Waals surface area contributed by atoms with Crippen molar-refractivity contribution >= 4 is 16.6 Å². The van der Waals surface area contributed by atoms with Gasteiger partial charge in [0.15, 0.2) is 0 Å². The van der Waals surface area contributed by atoms with Crippen LogP contribution in [-0.4, -0.2) is 55.7 Å². The molecule has 3 atom stereocenters. The topological polar surface area (TPSA) is 55.2 Å². The fraction of sp³-hybridized carbons (Fsp3) is 0.583. The van der Waals surface area contributed by atoms with Crippen molar-refractivity contribution in [3.63, 3.8) is 0 Å². The van der Waals surface area contributed by atoms with Crippen LogP contribution in [0.4, 0.5) is 5.69 Å². The minimum absolute atomic E-state index is 0.551. The summed E-state index contributed by atoms with van der Waals surface area (Å²) in [5, 5.41) is 14.1. The van der Waals surface area contributed by atoms with Crippen molar-refractivity contribution in [1.82, 2.24) is 15.2 Å². The predicted octanol–water partition coefficient (Wildman–Crippen LogP) is 3.25. The molecule has 3 saturated heterocycles. The molecule has 1 spiro atoms. The van der Waals surface area contributed by atoms with Crippen LogP contribution in [0, 0.1) is 28.6 Å². The van der Waals surface area contributed by atoms with Gasteiger partial charge in [-0.05, 0) is 67.4 Å². The van der Waals surface area contributed by atoms with E-state index in [9.17, 15) is 5.26 Å². The van der Waals surface area contributed by atoms with Crippen LogP contribution in [0.1, 0.15) is 31.7 Å². The smallest absolute Gasteiger partial charge is 0.101 e. The number of hydrogen-bond acceptors (Lipinski definition) is 5. The minimum Gasteiger partial charge on any atom is -0.370 e. The van der Waals surface area contributed by atoms with Crippen molar-refractivity contribution in [1.29, 1.82) is 5.26 Å². The number of aromatic nitrogens is 1. The van der Waals surface area contributed by atoms with Crippen molar-refractivity contribution in [2.24, 2.45) is 17.3 Å². The van der Waals surface area contributed by atoms with E-state index >= 15 is 0 Å². The van der Waals surface area contributed by atoms with Crippen molar-refractivity contribution in [2.75, 3.05) is 50.7 Å². The Morgan fingerprint density at radius 3 is 2.93 bits per heavy atom. The second kappa shape index (κ2) is 7.59. The zero-order valence-electron chi connectivity index (χ0n) is 17.4. The lowest BCUT2D eigenvalue weighted by atomic mass is 9.86. The summed E-state index contributed by atoms with van der Waals surface area (Å²) in [4.78, 5) is 9.79. The molecule has 1 aromatic carbocycles. The minimum atomic E-state index is 0.551. The van der Waals surface area contributed by atoms with Crippen molar-refractivity contribution in [3.8, 4) is 6.07 Å². The van der Waals surface area contributed by atoms with Crippen molar-refractivity contribution in [2.45, 2.75) is 26.2 Å². The highest BCUT2D eigenvalue weighted by Gasteiger charge is 2.42. The summed E-state index contributed by atoms with van der Waals surface area (Å²) in [7, 11) is 0.